The molecule has 0 N–H and O–H groups in total. The third kappa shape index (κ3) is 4.28. The first-order valence-corrected chi connectivity index (χ1v) is 5.33. The molecular weight excluding hydrogens is 158 g/mol. The van der Waals surface area contributed by atoms with E-state index in [0.29, 0.717) is 0 Å². The summed E-state index contributed by atoms with van der Waals surface area (Å²) < 4.78 is 0. The number of piperidine rings is 1. The minimum Gasteiger partial charge on any atom is -0.299 e. The monoisotopic (exact) mass is 179 g/mol. The van der Waals surface area contributed by atoms with Gasteiger partial charge in [0.25, 0.3) is 0 Å². The van der Waals surface area contributed by atoms with Gasteiger partial charge in [0, 0.05) is 6.54 Å². The lowest BCUT2D eigenvalue weighted by Gasteiger charge is -2.26. The van der Waals surface area contributed by atoms with Gasteiger partial charge in [-0.15, -0.1) is 0 Å². The average molecular weight is 179 g/mol. The van der Waals surface area contributed by atoms with Crippen molar-refractivity contribution in [2.24, 2.45) is 0 Å². The highest BCUT2D eigenvalue weighted by Gasteiger charge is 2.09. The first kappa shape index (κ1) is 10.5. The van der Waals surface area contributed by atoms with Crippen LogP contribution >= 0.6 is 0 Å². The second kappa shape index (κ2) is 5.98. The Bertz CT molecular complexity index is 185. The Balaban J connectivity index is 2.29. The molecule has 0 aromatic rings. The van der Waals surface area contributed by atoms with Crippen LogP contribution in [0.3, 0.4) is 0 Å². The predicted molar refractivity (Wildman–Crippen MR) is 58.9 cm³/mol. The van der Waals surface area contributed by atoms with E-state index < -0.39 is 0 Å². The van der Waals surface area contributed by atoms with Crippen LogP contribution in [0, 0.1) is 0 Å². The van der Waals surface area contributed by atoms with Gasteiger partial charge < -0.3 is 0 Å². The van der Waals surface area contributed by atoms with Gasteiger partial charge in [-0.2, -0.15) is 0 Å². The Kier molecular flexibility index (Phi) is 4.84. The highest BCUT2D eigenvalue weighted by Crippen LogP contribution is 2.10. The summed E-state index contributed by atoms with van der Waals surface area (Å²) in [6.45, 7) is 8.02. The van der Waals surface area contributed by atoms with E-state index in [1.165, 1.54) is 37.9 Å². The summed E-state index contributed by atoms with van der Waals surface area (Å²) in [5.41, 5.74) is 1.47. The molecule has 0 aromatic carbocycles. The van der Waals surface area contributed by atoms with E-state index in [1.807, 2.05) is 0 Å². The Morgan fingerprint density at radius 2 is 1.92 bits per heavy atom. The summed E-state index contributed by atoms with van der Waals surface area (Å²) in [6.07, 6.45) is 10.6. The second-order valence-corrected chi connectivity index (χ2v) is 3.88. The van der Waals surface area contributed by atoms with E-state index in [9.17, 15) is 0 Å². The quantitative estimate of drug-likeness (QED) is 0.602. The molecule has 1 heteroatoms. The maximum Gasteiger partial charge on any atom is 0.0193 e. The van der Waals surface area contributed by atoms with Crippen LogP contribution < -0.4 is 0 Å². The maximum atomic E-state index is 2.55. The molecule has 1 aliphatic heterocycles. The van der Waals surface area contributed by atoms with Crippen LogP contribution in [0.25, 0.3) is 0 Å². The minimum absolute atomic E-state index is 1.16. The van der Waals surface area contributed by atoms with Gasteiger partial charge in [-0.25, -0.2) is 0 Å². The van der Waals surface area contributed by atoms with Crippen LogP contribution in [0.4, 0.5) is 0 Å². The lowest BCUT2D eigenvalue weighted by atomic mass is 10.1. The topological polar surface area (TPSA) is 3.24 Å². The van der Waals surface area contributed by atoms with Crippen molar-refractivity contribution < 1.29 is 0 Å². The van der Waals surface area contributed by atoms with Gasteiger partial charge in [-0.05, 0) is 39.8 Å². The van der Waals surface area contributed by atoms with Crippen LogP contribution in [-0.4, -0.2) is 24.5 Å². The number of likely N-dealkylation sites (tertiary alicyclic amines) is 1. The highest BCUT2D eigenvalue weighted by molar-refractivity contribution is 5.11. The summed E-state index contributed by atoms with van der Waals surface area (Å²) in [7, 11) is 0. The molecule has 0 aromatic heterocycles. The molecule has 1 heterocycles. The molecule has 0 aliphatic carbocycles. The van der Waals surface area contributed by atoms with E-state index in [4.69, 9.17) is 0 Å². The number of allylic oxidation sites excluding steroid dienone is 3. The van der Waals surface area contributed by atoms with Crippen molar-refractivity contribution in [3.8, 4) is 0 Å². The zero-order chi connectivity index (χ0) is 9.52. The third-order valence-electron chi connectivity index (χ3n) is 2.49. The highest BCUT2D eigenvalue weighted by atomic mass is 15.1. The SMILES string of the molecule is C/C=C\C=C(/C)CN1CCCCC1. The molecular formula is C12H21N. The van der Waals surface area contributed by atoms with Gasteiger partial charge in [0.1, 0.15) is 0 Å². The number of rotatable bonds is 3. The van der Waals surface area contributed by atoms with E-state index in [2.05, 4.69) is 37.0 Å². The fourth-order valence-corrected chi connectivity index (χ4v) is 1.78. The molecule has 0 radical (unpaired) electrons. The molecule has 0 atom stereocenters. The first-order chi connectivity index (χ1) is 6.33. The van der Waals surface area contributed by atoms with Crippen LogP contribution in [0.2, 0.25) is 0 Å². The Hall–Kier alpha value is -0.560. The smallest absolute Gasteiger partial charge is 0.0193 e. The zero-order valence-corrected chi connectivity index (χ0v) is 8.92. The molecule has 0 amide bonds. The van der Waals surface area contributed by atoms with Gasteiger partial charge in [0.05, 0.1) is 0 Å². The van der Waals surface area contributed by atoms with Crippen molar-refractivity contribution in [2.75, 3.05) is 19.6 Å². The Labute approximate surface area is 82.1 Å². The average Bonchev–Trinajstić information content (AvgIpc) is 2.16. The minimum atomic E-state index is 1.16. The van der Waals surface area contributed by atoms with Crippen molar-refractivity contribution in [3.05, 3.63) is 23.8 Å². The number of hydrogen-bond donors (Lipinski definition) is 0. The van der Waals surface area contributed by atoms with Gasteiger partial charge >= 0.3 is 0 Å². The van der Waals surface area contributed by atoms with Gasteiger partial charge in [-0.3, -0.25) is 4.90 Å². The summed E-state index contributed by atoms with van der Waals surface area (Å²) >= 11 is 0. The molecule has 1 aliphatic rings. The van der Waals surface area contributed by atoms with E-state index in [1.54, 1.807) is 0 Å². The Morgan fingerprint density at radius 1 is 1.23 bits per heavy atom. The standard InChI is InChI=1S/C12H21N/c1-3-4-8-12(2)11-13-9-6-5-7-10-13/h3-4,8H,5-7,9-11H2,1-2H3/b4-3-,12-8+. The van der Waals surface area contributed by atoms with Crippen LogP contribution in [0.15, 0.2) is 23.8 Å². The van der Waals surface area contributed by atoms with Crippen LogP contribution in [0.5, 0.6) is 0 Å². The van der Waals surface area contributed by atoms with Crippen LogP contribution in [-0.2, 0) is 0 Å². The maximum absolute atomic E-state index is 2.55. The molecule has 13 heavy (non-hydrogen) atoms. The van der Waals surface area contributed by atoms with E-state index in [0.717, 1.165) is 6.54 Å². The largest absolute Gasteiger partial charge is 0.299 e. The van der Waals surface area contributed by atoms with E-state index >= 15 is 0 Å². The lowest BCUT2D eigenvalue weighted by molar-refractivity contribution is 0.246. The zero-order valence-electron chi connectivity index (χ0n) is 8.92. The molecule has 74 valence electrons. The molecule has 1 rings (SSSR count). The normalized spacial score (nSPS) is 21.2. The van der Waals surface area contributed by atoms with Crippen molar-refractivity contribution in [1.82, 2.24) is 4.90 Å². The molecule has 1 nitrogen and oxygen atoms in total. The molecule has 0 spiro atoms. The fourth-order valence-electron chi connectivity index (χ4n) is 1.78. The van der Waals surface area contributed by atoms with Crippen molar-refractivity contribution in [3.63, 3.8) is 0 Å². The summed E-state index contributed by atoms with van der Waals surface area (Å²) in [5.74, 6) is 0. The molecule has 1 saturated heterocycles. The summed E-state index contributed by atoms with van der Waals surface area (Å²) in [4.78, 5) is 2.55. The molecule has 0 saturated carbocycles. The molecule has 0 bridgehead atoms. The second-order valence-electron chi connectivity index (χ2n) is 3.88. The molecule has 0 unspecified atom stereocenters. The number of hydrogen-bond acceptors (Lipinski definition) is 1. The Morgan fingerprint density at radius 3 is 2.54 bits per heavy atom. The van der Waals surface area contributed by atoms with Gasteiger partial charge in [-0.1, -0.05) is 30.2 Å². The first-order valence-electron chi connectivity index (χ1n) is 5.33. The fraction of sp³-hybridized carbons (Fsp3) is 0.667. The van der Waals surface area contributed by atoms with Gasteiger partial charge in [0.2, 0.25) is 0 Å². The van der Waals surface area contributed by atoms with Crippen molar-refractivity contribution >= 4 is 0 Å². The van der Waals surface area contributed by atoms with Crippen molar-refractivity contribution in [1.29, 1.82) is 0 Å². The van der Waals surface area contributed by atoms with Crippen molar-refractivity contribution in [2.45, 2.75) is 33.1 Å². The van der Waals surface area contributed by atoms with Crippen LogP contribution in [0.1, 0.15) is 33.1 Å². The summed E-state index contributed by atoms with van der Waals surface area (Å²) in [6, 6.07) is 0. The van der Waals surface area contributed by atoms with Gasteiger partial charge in [0.15, 0.2) is 0 Å². The number of nitrogens with zero attached hydrogens (tertiary/aromatic N) is 1. The predicted octanol–water partition coefficient (Wildman–Crippen LogP) is 2.99. The van der Waals surface area contributed by atoms with E-state index in [-0.39, 0.29) is 0 Å². The third-order valence-corrected chi connectivity index (χ3v) is 2.49. The summed E-state index contributed by atoms with van der Waals surface area (Å²) in [5, 5.41) is 0. The lowest BCUT2D eigenvalue weighted by Crippen LogP contribution is -2.30. The molecule has 1 fully saturated rings.